The van der Waals surface area contributed by atoms with Crippen LogP contribution >= 0.6 is 11.6 Å². The van der Waals surface area contributed by atoms with Crippen LogP contribution in [-0.2, 0) is 0 Å². The zero-order valence-corrected chi connectivity index (χ0v) is 13.8. The van der Waals surface area contributed by atoms with Crippen molar-refractivity contribution in [1.82, 2.24) is 5.32 Å². The summed E-state index contributed by atoms with van der Waals surface area (Å²) in [6.07, 6.45) is 0. The third kappa shape index (κ3) is 3.21. The van der Waals surface area contributed by atoms with E-state index in [9.17, 15) is 0 Å². The van der Waals surface area contributed by atoms with E-state index in [1.807, 2.05) is 13.0 Å². The van der Waals surface area contributed by atoms with Gasteiger partial charge in [-0.3, -0.25) is 0 Å². The number of hydrogen-bond acceptors (Lipinski definition) is 3. The number of hydrogen-bond donors (Lipinski definition) is 1. The van der Waals surface area contributed by atoms with Gasteiger partial charge in [0.2, 0.25) is 0 Å². The van der Waals surface area contributed by atoms with E-state index in [1.54, 1.807) is 7.11 Å². The van der Waals surface area contributed by atoms with E-state index in [0.29, 0.717) is 6.04 Å². The lowest BCUT2D eigenvalue weighted by Crippen LogP contribution is -2.56. The van der Waals surface area contributed by atoms with E-state index < -0.39 is 0 Å². The molecule has 4 heteroatoms. The Bertz CT molecular complexity index is 482. The fraction of sp³-hybridized carbons (Fsp3) is 0.625. The zero-order chi connectivity index (χ0) is 14.9. The summed E-state index contributed by atoms with van der Waals surface area (Å²) in [7, 11) is 1.70. The number of halogens is 1. The molecule has 1 heterocycles. The van der Waals surface area contributed by atoms with E-state index in [-0.39, 0.29) is 5.41 Å². The summed E-state index contributed by atoms with van der Waals surface area (Å²) >= 11 is 6.19. The molecule has 0 aliphatic carbocycles. The molecule has 0 radical (unpaired) electrons. The number of methoxy groups -OCH3 is 1. The van der Waals surface area contributed by atoms with Crippen LogP contribution in [0.1, 0.15) is 26.3 Å². The van der Waals surface area contributed by atoms with Gasteiger partial charge >= 0.3 is 0 Å². The fourth-order valence-electron chi connectivity index (χ4n) is 2.61. The van der Waals surface area contributed by atoms with E-state index >= 15 is 0 Å². The van der Waals surface area contributed by atoms with Crippen molar-refractivity contribution in [1.29, 1.82) is 0 Å². The lowest BCUT2D eigenvalue weighted by molar-refractivity contribution is 0.253. The first-order chi connectivity index (χ1) is 9.32. The molecule has 1 N–H and O–H groups in total. The Morgan fingerprint density at radius 1 is 1.35 bits per heavy atom. The van der Waals surface area contributed by atoms with E-state index in [0.717, 1.165) is 41.7 Å². The topological polar surface area (TPSA) is 24.5 Å². The lowest BCUT2D eigenvalue weighted by atomic mass is 9.85. The monoisotopic (exact) mass is 296 g/mol. The first-order valence-electron chi connectivity index (χ1n) is 7.15. The summed E-state index contributed by atoms with van der Waals surface area (Å²) in [5, 5.41) is 4.37. The molecule has 20 heavy (non-hydrogen) atoms. The van der Waals surface area contributed by atoms with Crippen molar-refractivity contribution in [3.8, 4) is 5.75 Å². The normalized spacial score (nSPS) is 20.1. The lowest BCUT2D eigenvalue weighted by Gasteiger charge is -2.42. The van der Waals surface area contributed by atoms with Gasteiger partial charge in [0.25, 0.3) is 0 Å². The Kier molecular flexibility index (Phi) is 4.50. The highest BCUT2D eigenvalue weighted by Gasteiger charge is 2.30. The van der Waals surface area contributed by atoms with Gasteiger partial charge in [0.1, 0.15) is 5.75 Å². The van der Waals surface area contributed by atoms with Gasteiger partial charge in [0.15, 0.2) is 0 Å². The minimum Gasteiger partial charge on any atom is -0.495 e. The average Bonchev–Trinajstić information content (AvgIpc) is 2.40. The van der Waals surface area contributed by atoms with Crippen molar-refractivity contribution in [2.75, 3.05) is 31.6 Å². The molecular weight excluding hydrogens is 272 g/mol. The fourth-order valence-corrected chi connectivity index (χ4v) is 2.76. The summed E-state index contributed by atoms with van der Waals surface area (Å²) in [4.78, 5) is 2.40. The quantitative estimate of drug-likeness (QED) is 0.904. The smallest absolute Gasteiger partial charge is 0.143 e. The highest BCUT2D eigenvalue weighted by molar-refractivity contribution is 6.31. The number of rotatable bonds is 2. The molecule has 2 rings (SSSR count). The second kappa shape index (κ2) is 5.82. The molecule has 1 atom stereocenters. The molecule has 0 aromatic heterocycles. The number of ether oxygens (including phenoxy) is 1. The Hall–Kier alpha value is -0.930. The average molecular weight is 297 g/mol. The Balaban J connectivity index is 2.29. The number of benzene rings is 1. The molecule has 112 valence electrons. The standard InChI is InChI=1S/C16H25ClN2O/c1-11-8-13(14(20-5)9-12(11)17)19-7-6-18-15(10-19)16(2,3)4/h8-9,15,18H,6-7,10H2,1-5H3. The maximum absolute atomic E-state index is 6.19. The molecular formula is C16H25ClN2O. The largest absolute Gasteiger partial charge is 0.495 e. The highest BCUT2D eigenvalue weighted by atomic mass is 35.5. The van der Waals surface area contributed by atoms with Gasteiger partial charge in [0.05, 0.1) is 12.8 Å². The van der Waals surface area contributed by atoms with Gasteiger partial charge in [-0.05, 0) is 24.0 Å². The molecule has 0 saturated carbocycles. The SMILES string of the molecule is COc1cc(Cl)c(C)cc1N1CCNC(C(C)(C)C)C1. The van der Waals surface area contributed by atoms with Crippen molar-refractivity contribution in [3.63, 3.8) is 0 Å². The van der Waals surface area contributed by atoms with Crippen molar-refractivity contribution in [2.24, 2.45) is 5.41 Å². The van der Waals surface area contributed by atoms with Crippen LogP contribution in [0, 0.1) is 12.3 Å². The van der Waals surface area contributed by atoms with E-state index in [2.05, 4.69) is 37.1 Å². The first kappa shape index (κ1) is 15.5. The highest BCUT2D eigenvalue weighted by Crippen LogP contribution is 2.35. The zero-order valence-electron chi connectivity index (χ0n) is 13.1. The van der Waals surface area contributed by atoms with Gasteiger partial charge in [0, 0.05) is 36.8 Å². The number of aryl methyl sites for hydroxylation is 1. The van der Waals surface area contributed by atoms with Crippen LogP contribution in [-0.4, -0.2) is 32.8 Å². The predicted octanol–water partition coefficient (Wildman–Crippen LogP) is 3.48. The van der Waals surface area contributed by atoms with Crippen molar-refractivity contribution >= 4 is 17.3 Å². The molecule has 1 unspecified atom stereocenters. The molecule has 0 bridgehead atoms. The summed E-state index contributed by atoms with van der Waals surface area (Å²) in [5.41, 5.74) is 2.48. The number of anilines is 1. The Morgan fingerprint density at radius 2 is 2.05 bits per heavy atom. The number of nitrogens with zero attached hydrogens (tertiary/aromatic N) is 1. The third-order valence-corrected chi connectivity index (χ3v) is 4.43. The van der Waals surface area contributed by atoms with Gasteiger partial charge in [-0.15, -0.1) is 0 Å². The summed E-state index contributed by atoms with van der Waals surface area (Å²) in [5.74, 6) is 0.857. The summed E-state index contributed by atoms with van der Waals surface area (Å²) < 4.78 is 5.51. The molecule has 1 aromatic rings. The molecule has 1 saturated heterocycles. The van der Waals surface area contributed by atoms with Gasteiger partial charge in [-0.1, -0.05) is 32.4 Å². The molecule has 1 aliphatic rings. The van der Waals surface area contributed by atoms with Crippen molar-refractivity contribution in [2.45, 2.75) is 33.7 Å². The molecule has 0 spiro atoms. The van der Waals surface area contributed by atoms with Crippen LogP contribution in [0.25, 0.3) is 0 Å². The van der Waals surface area contributed by atoms with Gasteiger partial charge < -0.3 is 15.0 Å². The van der Waals surface area contributed by atoms with Crippen LogP contribution < -0.4 is 15.0 Å². The maximum atomic E-state index is 6.19. The summed E-state index contributed by atoms with van der Waals surface area (Å²) in [6, 6.07) is 4.52. The minimum absolute atomic E-state index is 0.243. The van der Waals surface area contributed by atoms with Crippen LogP contribution in [0.4, 0.5) is 5.69 Å². The van der Waals surface area contributed by atoms with Gasteiger partial charge in [-0.25, -0.2) is 0 Å². The van der Waals surface area contributed by atoms with E-state index in [1.165, 1.54) is 0 Å². The van der Waals surface area contributed by atoms with Crippen molar-refractivity contribution < 1.29 is 4.74 Å². The van der Waals surface area contributed by atoms with Crippen molar-refractivity contribution in [3.05, 3.63) is 22.7 Å². The van der Waals surface area contributed by atoms with Crippen LogP contribution in [0.2, 0.25) is 5.02 Å². The third-order valence-electron chi connectivity index (χ3n) is 4.02. The number of piperazine rings is 1. The Morgan fingerprint density at radius 3 is 2.65 bits per heavy atom. The van der Waals surface area contributed by atoms with Crippen LogP contribution in [0.3, 0.4) is 0 Å². The first-order valence-corrected chi connectivity index (χ1v) is 7.53. The minimum atomic E-state index is 0.243. The number of nitrogens with one attached hydrogen (secondary N) is 1. The Labute approximate surface area is 127 Å². The van der Waals surface area contributed by atoms with E-state index in [4.69, 9.17) is 16.3 Å². The molecule has 1 fully saturated rings. The second-order valence-corrected chi connectivity index (χ2v) is 7.00. The van der Waals surface area contributed by atoms with Gasteiger partial charge in [-0.2, -0.15) is 0 Å². The molecule has 0 amide bonds. The summed E-state index contributed by atoms with van der Waals surface area (Å²) in [6.45, 7) is 11.8. The predicted molar refractivity (Wildman–Crippen MR) is 86.2 cm³/mol. The molecule has 1 aromatic carbocycles. The maximum Gasteiger partial charge on any atom is 0.143 e. The molecule has 3 nitrogen and oxygen atoms in total. The van der Waals surface area contributed by atoms with Crippen LogP contribution in [0.15, 0.2) is 12.1 Å². The van der Waals surface area contributed by atoms with Crippen LogP contribution in [0.5, 0.6) is 5.75 Å². The molecule has 1 aliphatic heterocycles. The second-order valence-electron chi connectivity index (χ2n) is 6.59.